The van der Waals surface area contributed by atoms with Crippen molar-refractivity contribution in [2.75, 3.05) is 0 Å². The number of hydrogen-bond donors (Lipinski definition) is 1. The van der Waals surface area contributed by atoms with E-state index >= 15 is 0 Å². The van der Waals surface area contributed by atoms with E-state index in [0.717, 1.165) is 10.9 Å². The molecule has 84 valence electrons. The third kappa shape index (κ3) is 2.01. The van der Waals surface area contributed by atoms with E-state index in [1.54, 1.807) is 13.8 Å². The molecule has 1 aromatic heterocycles. The van der Waals surface area contributed by atoms with Crippen LogP contribution in [-0.4, -0.2) is 20.9 Å². The third-order valence-electron chi connectivity index (χ3n) is 1.81. The van der Waals surface area contributed by atoms with Crippen molar-refractivity contribution < 1.29 is 18.7 Å². The Bertz CT molecular complexity index is 390. The Morgan fingerprint density at radius 2 is 2.20 bits per heavy atom. The zero-order chi connectivity index (χ0) is 11.8. The molecule has 0 spiro atoms. The van der Waals surface area contributed by atoms with Crippen molar-refractivity contribution in [1.29, 1.82) is 0 Å². The van der Waals surface area contributed by atoms with Crippen LogP contribution in [0, 0.1) is 0 Å². The molecule has 0 atom stereocenters. The summed E-state index contributed by atoms with van der Waals surface area (Å²) in [5, 5.41) is 12.1. The highest BCUT2D eigenvalue weighted by Crippen LogP contribution is 2.35. The average molecular weight is 283 g/mol. The Kier molecular flexibility index (Phi) is 3.13. The minimum atomic E-state index is -3.94. The summed E-state index contributed by atoms with van der Waals surface area (Å²) in [7, 11) is 0. The maximum Gasteiger partial charge on any atom is 0.385 e. The molecule has 0 aliphatic rings. The minimum absolute atomic E-state index is 0.0106. The quantitative estimate of drug-likeness (QED) is 0.926. The number of aliphatic carboxylic acids is 1. The lowest BCUT2D eigenvalue weighted by molar-refractivity contribution is -0.167. The Morgan fingerprint density at radius 1 is 1.67 bits per heavy atom. The smallest absolute Gasteiger partial charge is 0.385 e. The number of carboxylic acid groups (broad SMARTS) is 1. The molecule has 0 radical (unpaired) electrons. The van der Waals surface area contributed by atoms with Crippen molar-refractivity contribution in [3.63, 3.8) is 0 Å². The maximum atomic E-state index is 13.3. The second-order valence-electron chi connectivity index (χ2n) is 3.26. The normalized spacial score (nSPS) is 12.1. The summed E-state index contributed by atoms with van der Waals surface area (Å²) in [5.41, 5.74) is -0.634. The fraction of sp³-hybridized carbons (Fsp3) is 0.500. The number of carbonyl (C=O) groups is 1. The molecule has 15 heavy (non-hydrogen) atoms. The molecule has 0 unspecified atom stereocenters. The molecule has 1 N–H and O–H groups in total. The van der Waals surface area contributed by atoms with Gasteiger partial charge in [0.25, 0.3) is 0 Å². The Labute approximate surface area is 93.0 Å². The Morgan fingerprint density at radius 3 is 2.60 bits per heavy atom. The molecule has 1 aromatic rings. The van der Waals surface area contributed by atoms with Crippen molar-refractivity contribution in [3.05, 3.63) is 16.4 Å². The van der Waals surface area contributed by atoms with E-state index in [1.165, 1.54) is 0 Å². The number of hydrogen-bond acceptors (Lipinski definition) is 2. The van der Waals surface area contributed by atoms with Crippen LogP contribution in [0.5, 0.6) is 0 Å². The van der Waals surface area contributed by atoms with Crippen LogP contribution in [0.2, 0.25) is 0 Å². The van der Waals surface area contributed by atoms with Crippen molar-refractivity contribution in [2.24, 2.45) is 0 Å². The van der Waals surface area contributed by atoms with E-state index in [2.05, 4.69) is 21.0 Å². The second kappa shape index (κ2) is 3.88. The van der Waals surface area contributed by atoms with Gasteiger partial charge in [0, 0.05) is 6.04 Å². The van der Waals surface area contributed by atoms with Gasteiger partial charge in [-0.15, -0.1) is 0 Å². The topological polar surface area (TPSA) is 55.1 Å². The van der Waals surface area contributed by atoms with E-state index in [1.807, 2.05) is 0 Å². The molecule has 1 heterocycles. The zero-order valence-electron chi connectivity index (χ0n) is 8.04. The van der Waals surface area contributed by atoms with Gasteiger partial charge in [0.1, 0.15) is 5.69 Å². The molecule has 0 aromatic carbocycles. The van der Waals surface area contributed by atoms with Crippen molar-refractivity contribution in [1.82, 2.24) is 9.78 Å². The largest absolute Gasteiger partial charge is 0.476 e. The highest BCUT2D eigenvalue weighted by atomic mass is 79.9. The molecular weight excluding hydrogens is 274 g/mol. The lowest BCUT2D eigenvalue weighted by atomic mass is 10.2. The summed E-state index contributed by atoms with van der Waals surface area (Å²) < 4.78 is 27.6. The van der Waals surface area contributed by atoms with E-state index in [4.69, 9.17) is 5.11 Å². The summed E-state index contributed by atoms with van der Waals surface area (Å²) in [6.07, 6.45) is 1.16. The molecule has 0 aliphatic heterocycles. The number of rotatable bonds is 3. The predicted molar refractivity (Wildman–Crippen MR) is 51.8 cm³/mol. The predicted octanol–water partition coefficient (Wildman–Crippen LogP) is 2.40. The van der Waals surface area contributed by atoms with Gasteiger partial charge >= 0.3 is 11.9 Å². The first-order valence-corrected chi connectivity index (χ1v) is 4.92. The summed E-state index contributed by atoms with van der Waals surface area (Å²) in [5.74, 6) is -6.13. The Hall–Kier alpha value is -0.980. The first kappa shape index (κ1) is 12.1. The number of halogens is 3. The highest BCUT2D eigenvalue weighted by Gasteiger charge is 2.46. The maximum absolute atomic E-state index is 13.3. The van der Waals surface area contributed by atoms with Crippen LogP contribution >= 0.6 is 15.9 Å². The van der Waals surface area contributed by atoms with E-state index in [-0.39, 0.29) is 10.5 Å². The summed E-state index contributed by atoms with van der Waals surface area (Å²) >= 11 is 2.86. The number of nitrogens with zero attached hydrogens (tertiary/aromatic N) is 2. The standard InChI is InChI=1S/C8H9BrF2N2O2/c1-4(2)13-6(5(9)3-12-13)8(10,11)7(14)15/h3-4H,1-2H3,(H,14,15). The van der Waals surface area contributed by atoms with Gasteiger partial charge in [0.05, 0.1) is 10.7 Å². The van der Waals surface area contributed by atoms with Crippen molar-refractivity contribution in [3.8, 4) is 0 Å². The van der Waals surface area contributed by atoms with Crippen LogP contribution in [0.25, 0.3) is 0 Å². The molecule has 0 aliphatic carbocycles. The Balaban J connectivity index is 3.35. The van der Waals surface area contributed by atoms with Gasteiger partial charge in [-0.2, -0.15) is 13.9 Å². The third-order valence-corrected chi connectivity index (χ3v) is 2.39. The first-order valence-electron chi connectivity index (χ1n) is 4.13. The highest BCUT2D eigenvalue weighted by molar-refractivity contribution is 9.10. The van der Waals surface area contributed by atoms with Gasteiger partial charge in [0.15, 0.2) is 0 Å². The zero-order valence-corrected chi connectivity index (χ0v) is 9.62. The van der Waals surface area contributed by atoms with E-state index in [0.29, 0.717) is 0 Å². The fourth-order valence-corrected chi connectivity index (χ4v) is 1.65. The van der Waals surface area contributed by atoms with Gasteiger partial charge in [0.2, 0.25) is 0 Å². The molecule has 0 saturated heterocycles. The monoisotopic (exact) mass is 282 g/mol. The van der Waals surface area contributed by atoms with Crippen LogP contribution in [0.3, 0.4) is 0 Å². The summed E-state index contributed by atoms with van der Waals surface area (Å²) in [4.78, 5) is 10.4. The molecule has 1 rings (SSSR count). The van der Waals surface area contributed by atoms with Gasteiger partial charge in [-0.25, -0.2) is 4.79 Å². The van der Waals surface area contributed by atoms with Gasteiger partial charge in [-0.1, -0.05) is 0 Å². The lowest BCUT2D eigenvalue weighted by Gasteiger charge is -2.16. The lowest BCUT2D eigenvalue weighted by Crippen LogP contribution is -2.29. The molecule has 0 saturated carbocycles. The molecule has 0 fully saturated rings. The molecule has 4 nitrogen and oxygen atoms in total. The summed E-state index contributed by atoms with van der Waals surface area (Å²) in [6, 6.07) is -0.337. The van der Waals surface area contributed by atoms with Crippen LogP contribution in [0.4, 0.5) is 8.78 Å². The molecule has 7 heteroatoms. The molecule has 0 amide bonds. The SMILES string of the molecule is CC(C)n1ncc(Br)c1C(F)(F)C(=O)O. The van der Waals surface area contributed by atoms with Crippen molar-refractivity contribution in [2.45, 2.75) is 25.8 Å². The average Bonchev–Trinajstić information content (AvgIpc) is 2.47. The number of aromatic nitrogens is 2. The second-order valence-corrected chi connectivity index (χ2v) is 4.11. The molecular formula is C8H9BrF2N2O2. The van der Waals surface area contributed by atoms with Crippen LogP contribution < -0.4 is 0 Å². The first-order chi connectivity index (χ1) is 6.78. The van der Waals surface area contributed by atoms with Crippen LogP contribution in [0.15, 0.2) is 10.7 Å². The van der Waals surface area contributed by atoms with Crippen LogP contribution in [-0.2, 0) is 10.7 Å². The summed E-state index contributed by atoms with van der Waals surface area (Å²) in [6.45, 7) is 3.28. The van der Waals surface area contributed by atoms with E-state index in [9.17, 15) is 13.6 Å². The van der Waals surface area contributed by atoms with Crippen molar-refractivity contribution >= 4 is 21.9 Å². The van der Waals surface area contributed by atoms with Gasteiger partial charge in [-0.3, -0.25) is 4.68 Å². The fourth-order valence-electron chi connectivity index (χ4n) is 1.13. The molecule has 0 bridgehead atoms. The minimum Gasteiger partial charge on any atom is -0.476 e. The number of alkyl halides is 2. The van der Waals surface area contributed by atoms with Gasteiger partial charge in [-0.05, 0) is 29.8 Å². The van der Waals surface area contributed by atoms with Crippen LogP contribution in [0.1, 0.15) is 25.6 Å². The van der Waals surface area contributed by atoms with E-state index < -0.39 is 17.6 Å². The number of carboxylic acids is 1. The van der Waals surface area contributed by atoms with Gasteiger partial charge < -0.3 is 5.11 Å².